The van der Waals surface area contributed by atoms with Crippen LogP contribution in [-0.4, -0.2) is 0 Å². The lowest BCUT2D eigenvalue weighted by molar-refractivity contribution is 1.07. The Morgan fingerprint density at radius 2 is 1.42 bits per heavy atom. The first-order chi connectivity index (χ1) is 8.95. The van der Waals surface area contributed by atoms with Gasteiger partial charge < -0.3 is 5.73 Å². The van der Waals surface area contributed by atoms with Gasteiger partial charge in [0.1, 0.15) is 0 Å². The van der Waals surface area contributed by atoms with Crippen molar-refractivity contribution in [1.82, 2.24) is 0 Å². The minimum Gasteiger partial charge on any atom is -0.326 e. The van der Waals surface area contributed by atoms with Crippen molar-refractivity contribution in [3.8, 4) is 11.1 Å². The van der Waals surface area contributed by atoms with E-state index < -0.39 is 0 Å². The molecule has 0 saturated carbocycles. The quantitative estimate of drug-likeness (QED) is 0.845. The standard InChI is InChI=1S/C18H23N/c1-11-6-7-16(10-19)17(8-11)18-14(4)12(2)9-13(3)15(18)5/h6-9H,10,19H2,1-5H3. The van der Waals surface area contributed by atoms with Crippen LogP contribution in [-0.2, 0) is 6.54 Å². The summed E-state index contributed by atoms with van der Waals surface area (Å²) in [6, 6.07) is 8.82. The molecule has 0 heterocycles. The Bertz CT molecular complexity index is 598. The van der Waals surface area contributed by atoms with Gasteiger partial charge in [0.05, 0.1) is 0 Å². The van der Waals surface area contributed by atoms with E-state index in [9.17, 15) is 0 Å². The van der Waals surface area contributed by atoms with Gasteiger partial charge in [0.25, 0.3) is 0 Å². The first kappa shape index (κ1) is 13.8. The van der Waals surface area contributed by atoms with Gasteiger partial charge in [0, 0.05) is 6.54 Å². The zero-order valence-corrected chi connectivity index (χ0v) is 12.6. The molecule has 0 unspecified atom stereocenters. The number of hydrogen-bond acceptors (Lipinski definition) is 1. The fourth-order valence-corrected chi connectivity index (χ4v) is 2.72. The molecule has 0 amide bonds. The van der Waals surface area contributed by atoms with Gasteiger partial charge >= 0.3 is 0 Å². The highest BCUT2D eigenvalue weighted by Crippen LogP contribution is 2.34. The molecule has 0 aromatic heterocycles. The SMILES string of the molecule is Cc1ccc(CN)c(-c2c(C)c(C)cc(C)c2C)c1. The molecule has 0 aliphatic carbocycles. The van der Waals surface area contributed by atoms with Crippen LogP contribution >= 0.6 is 0 Å². The van der Waals surface area contributed by atoms with Crippen molar-refractivity contribution in [3.63, 3.8) is 0 Å². The highest BCUT2D eigenvalue weighted by atomic mass is 14.5. The van der Waals surface area contributed by atoms with Gasteiger partial charge in [-0.3, -0.25) is 0 Å². The summed E-state index contributed by atoms with van der Waals surface area (Å²) in [6.45, 7) is 11.5. The van der Waals surface area contributed by atoms with Crippen molar-refractivity contribution >= 4 is 0 Å². The van der Waals surface area contributed by atoms with Crippen LogP contribution in [0.1, 0.15) is 33.4 Å². The summed E-state index contributed by atoms with van der Waals surface area (Å²) in [5.74, 6) is 0. The minimum absolute atomic E-state index is 0.585. The smallest absolute Gasteiger partial charge is 0.0184 e. The highest BCUT2D eigenvalue weighted by Gasteiger charge is 2.13. The fourth-order valence-electron chi connectivity index (χ4n) is 2.72. The maximum absolute atomic E-state index is 5.91. The third-order valence-corrected chi connectivity index (χ3v) is 4.12. The summed E-state index contributed by atoms with van der Waals surface area (Å²) in [6.07, 6.45) is 0. The number of rotatable bonds is 2. The van der Waals surface area contributed by atoms with Crippen molar-refractivity contribution in [1.29, 1.82) is 0 Å². The largest absolute Gasteiger partial charge is 0.326 e. The topological polar surface area (TPSA) is 26.0 Å². The van der Waals surface area contributed by atoms with Crippen molar-refractivity contribution in [3.05, 3.63) is 57.6 Å². The van der Waals surface area contributed by atoms with Gasteiger partial charge in [0.2, 0.25) is 0 Å². The summed E-state index contributed by atoms with van der Waals surface area (Å²) < 4.78 is 0. The van der Waals surface area contributed by atoms with E-state index in [0.29, 0.717) is 6.54 Å². The first-order valence-corrected chi connectivity index (χ1v) is 6.83. The molecule has 100 valence electrons. The molecule has 0 radical (unpaired) electrons. The van der Waals surface area contributed by atoms with Gasteiger partial charge in [0.15, 0.2) is 0 Å². The molecule has 2 N–H and O–H groups in total. The highest BCUT2D eigenvalue weighted by molar-refractivity contribution is 5.76. The maximum atomic E-state index is 5.91. The maximum Gasteiger partial charge on any atom is 0.0184 e. The Kier molecular flexibility index (Phi) is 3.77. The minimum atomic E-state index is 0.585. The molecule has 19 heavy (non-hydrogen) atoms. The van der Waals surface area contributed by atoms with E-state index in [1.54, 1.807) is 0 Å². The summed E-state index contributed by atoms with van der Waals surface area (Å²) >= 11 is 0. The number of nitrogens with two attached hydrogens (primary N) is 1. The van der Waals surface area contributed by atoms with Gasteiger partial charge in [-0.25, -0.2) is 0 Å². The average Bonchev–Trinajstić information content (AvgIpc) is 2.37. The summed E-state index contributed by atoms with van der Waals surface area (Å²) in [5.41, 5.74) is 16.5. The lowest BCUT2D eigenvalue weighted by atomic mass is 9.87. The van der Waals surface area contributed by atoms with E-state index >= 15 is 0 Å². The van der Waals surface area contributed by atoms with E-state index in [-0.39, 0.29) is 0 Å². The summed E-state index contributed by atoms with van der Waals surface area (Å²) in [5, 5.41) is 0. The molecule has 0 atom stereocenters. The second-order valence-corrected chi connectivity index (χ2v) is 5.50. The summed E-state index contributed by atoms with van der Waals surface area (Å²) in [4.78, 5) is 0. The molecule has 0 bridgehead atoms. The molecule has 1 heteroatoms. The normalized spacial score (nSPS) is 10.8. The molecule has 0 saturated heterocycles. The Hall–Kier alpha value is -1.60. The zero-order valence-electron chi connectivity index (χ0n) is 12.6. The van der Waals surface area contributed by atoms with Crippen molar-refractivity contribution in [2.24, 2.45) is 5.73 Å². The van der Waals surface area contributed by atoms with Gasteiger partial charge in [-0.15, -0.1) is 0 Å². The van der Waals surface area contributed by atoms with Crippen LogP contribution in [0.15, 0.2) is 24.3 Å². The number of benzene rings is 2. The molecule has 2 rings (SSSR count). The molecule has 1 nitrogen and oxygen atoms in total. The Balaban J connectivity index is 2.82. The van der Waals surface area contributed by atoms with E-state index in [1.165, 1.54) is 44.5 Å². The van der Waals surface area contributed by atoms with E-state index in [2.05, 4.69) is 58.9 Å². The fraction of sp³-hybridized carbons (Fsp3) is 0.333. The molecule has 0 fully saturated rings. The van der Waals surface area contributed by atoms with Crippen molar-refractivity contribution in [2.45, 2.75) is 41.2 Å². The van der Waals surface area contributed by atoms with E-state index in [0.717, 1.165) is 0 Å². The second kappa shape index (κ2) is 5.18. The predicted molar refractivity (Wildman–Crippen MR) is 83.5 cm³/mol. The van der Waals surface area contributed by atoms with Crippen LogP contribution in [0.5, 0.6) is 0 Å². The molecule has 0 spiro atoms. The molecule has 2 aromatic carbocycles. The first-order valence-electron chi connectivity index (χ1n) is 6.83. The monoisotopic (exact) mass is 253 g/mol. The molecular formula is C18H23N. The van der Waals surface area contributed by atoms with Crippen LogP contribution in [0.4, 0.5) is 0 Å². The van der Waals surface area contributed by atoms with Gasteiger partial charge in [-0.1, -0.05) is 29.8 Å². The molecule has 2 aromatic rings. The van der Waals surface area contributed by atoms with Gasteiger partial charge in [-0.2, -0.15) is 0 Å². The zero-order chi connectivity index (χ0) is 14.2. The Morgan fingerprint density at radius 1 is 0.842 bits per heavy atom. The van der Waals surface area contributed by atoms with Crippen LogP contribution < -0.4 is 5.73 Å². The van der Waals surface area contributed by atoms with Crippen molar-refractivity contribution in [2.75, 3.05) is 0 Å². The number of aryl methyl sites for hydroxylation is 3. The van der Waals surface area contributed by atoms with E-state index in [1.807, 2.05) is 0 Å². The molecule has 0 aliphatic rings. The lowest BCUT2D eigenvalue weighted by Crippen LogP contribution is -2.02. The van der Waals surface area contributed by atoms with Crippen LogP contribution in [0.3, 0.4) is 0 Å². The van der Waals surface area contributed by atoms with E-state index in [4.69, 9.17) is 5.73 Å². The second-order valence-electron chi connectivity index (χ2n) is 5.50. The van der Waals surface area contributed by atoms with Crippen molar-refractivity contribution < 1.29 is 0 Å². The third kappa shape index (κ3) is 2.43. The molecule has 0 aliphatic heterocycles. The number of hydrogen-bond donors (Lipinski definition) is 1. The Morgan fingerprint density at radius 3 is 1.95 bits per heavy atom. The summed E-state index contributed by atoms with van der Waals surface area (Å²) in [7, 11) is 0. The van der Waals surface area contributed by atoms with Crippen LogP contribution in [0, 0.1) is 34.6 Å². The van der Waals surface area contributed by atoms with Crippen LogP contribution in [0.25, 0.3) is 11.1 Å². The third-order valence-electron chi connectivity index (χ3n) is 4.12. The Labute approximate surface area is 116 Å². The lowest BCUT2D eigenvalue weighted by Gasteiger charge is -2.18. The molecular weight excluding hydrogens is 230 g/mol. The van der Waals surface area contributed by atoms with Gasteiger partial charge in [-0.05, 0) is 73.6 Å². The van der Waals surface area contributed by atoms with Crippen LogP contribution in [0.2, 0.25) is 0 Å². The average molecular weight is 253 g/mol. The predicted octanol–water partition coefficient (Wildman–Crippen LogP) is 4.35.